The lowest BCUT2D eigenvalue weighted by atomic mass is 9.67. The highest BCUT2D eigenvalue weighted by atomic mass is 16.6. The Morgan fingerprint density at radius 1 is 0.906 bits per heavy atom. The van der Waals surface area contributed by atoms with E-state index in [1.165, 1.54) is 28.1 Å². The summed E-state index contributed by atoms with van der Waals surface area (Å²) in [5, 5.41) is 0. The Hall–Kier alpha value is -3.55. The second-order valence-corrected chi connectivity index (χ2v) is 7.88. The van der Waals surface area contributed by atoms with E-state index in [0.717, 1.165) is 16.7 Å². The molecule has 0 amide bonds. The van der Waals surface area contributed by atoms with Gasteiger partial charge < -0.3 is 23.7 Å². The third kappa shape index (κ3) is 3.88. The van der Waals surface area contributed by atoms with Crippen LogP contribution in [0.2, 0.25) is 0 Å². The lowest BCUT2D eigenvalue weighted by Crippen LogP contribution is -2.31. The Morgan fingerprint density at radius 3 is 2.22 bits per heavy atom. The number of benzene rings is 2. The summed E-state index contributed by atoms with van der Waals surface area (Å²) in [5.41, 5.74) is 2.71. The van der Waals surface area contributed by atoms with Crippen LogP contribution in [-0.4, -0.2) is 38.7 Å². The zero-order valence-corrected chi connectivity index (χ0v) is 18.3. The van der Waals surface area contributed by atoms with Crippen molar-refractivity contribution in [1.82, 2.24) is 0 Å². The van der Waals surface area contributed by atoms with Crippen molar-refractivity contribution in [3.63, 3.8) is 0 Å². The maximum Gasteiger partial charge on any atom is 0.309 e. The highest BCUT2D eigenvalue weighted by Gasteiger charge is 2.47. The first-order valence-electron chi connectivity index (χ1n) is 10.2. The number of fused-ring (bicyclic) bond motifs is 2. The molecular formula is C24H24O8. The molecule has 3 atom stereocenters. The summed E-state index contributed by atoms with van der Waals surface area (Å²) in [6.45, 7) is 2.94. The first-order chi connectivity index (χ1) is 15.3. The molecule has 0 saturated carbocycles. The smallest absolute Gasteiger partial charge is 0.309 e. The number of cyclic esters (lactones) is 1. The van der Waals surface area contributed by atoms with Crippen molar-refractivity contribution in [2.45, 2.75) is 26.2 Å². The predicted molar refractivity (Wildman–Crippen MR) is 112 cm³/mol. The molecule has 2 aliphatic rings. The highest BCUT2D eigenvalue weighted by Crippen LogP contribution is 2.50. The molecule has 0 spiro atoms. The molecule has 1 saturated heterocycles. The Bertz CT molecular complexity index is 1090. The van der Waals surface area contributed by atoms with Gasteiger partial charge in [-0.2, -0.15) is 0 Å². The van der Waals surface area contributed by atoms with Crippen LogP contribution in [0, 0.1) is 11.8 Å². The van der Waals surface area contributed by atoms with Crippen LogP contribution in [0.15, 0.2) is 30.3 Å². The Labute approximate surface area is 185 Å². The Kier molecular flexibility index (Phi) is 5.78. The van der Waals surface area contributed by atoms with Crippen LogP contribution in [0.3, 0.4) is 0 Å². The van der Waals surface area contributed by atoms with Gasteiger partial charge in [-0.15, -0.1) is 0 Å². The van der Waals surface area contributed by atoms with E-state index in [-0.39, 0.29) is 30.3 Å². The largest absolute Gasteiger partial charge is 0.493 e. The molecule has 8 heteroatoms. The van der Waals surface area contributed by atoms with E-state index in [1.807, 2.05) is 12.1 Å². The molecule has 32 heavy (non-hydrogen) atoms. The van der Waals surface area contributed by atoms with Gasteiger partial charge in [0.2, 0.25) is 0 Å². The molecule has 4 rings (SSSR count). The van der Waals surface area contributed by atoms with Crippen molar-refractivity contribution < 1.29 is 38.1 Å². The van der Waals surface area contributed by atoms with Crippen LogP contribution in [0.5, 0.6) is 23.0 Å². The molecule has 1 heterocycles. The van der Waals surface area contributed by atoms with Crippen molar-refractivity contribution in [1.29, 1.82) is 0 Å². The number of hydrogen-bond donors (Lipinski definition) is 0. The number of carbonyl (C=O) groups is 3. The van der Waals surface area contributed by atoms with Crippen molar-refractivity contribution in [3.8, 4) is 23.0 Å². The van der Waals surface area contributed by atoms with Crippen LogP contribution in [-0.2, 0) is 25.5 Å². The van der Waals surface area contributed by atoms with Gasteiger partial charge in [0.1, 0.15) is 0 Å². The fourth-order valence-electron chi connectivity index (χ4n) is 4.63. The highest BCUT2D eigenvalue weighted by molar-refractivity contribution is 5.77. The molecule has 1 aliphatic heterocycles. The van der Waals surface area contributed by atoms with Crippen molar-refractivity contribution >= 4 is 17.9 Å². The molecule has 2 aromatic carbocycles. The molecule has 0 unspecified atom stereocenters. The summed E-state index contributed by atoms with van der Waals surface area (Å²) >= 11 is 0. The van der Waals surface area contributed by atoms with E-state index >= 15 is 0 Å². The normalized spacial score (nSPS) is 21.1. The quantitative estimate of drug-likeness (QED) is 0.517. The molecule has 168 valence electrons. The van der Waals surface area contributed by atoms with Gasteiger partial charge in [0.15, 0.2) is 23.0 Å². The monoisotopic (exact) mass is 440 g/mol. The number of ether oxygens (including phenoxy) is 5. The molecule has 1 aliphatic carbocycles. The fraction of sp³-hybridized carbons (Fsp3) is 0.375. The van der Waals surface area contributed by atoms with Crippen LogP contribution in [0.25, 0.3) is 0 Å². The number of hydrogen-bond acceptors (Lipinski definition) is 8. The Morgan fingerprint density at radius 2 is 1.56 bits per heavy atom. The summed E-state index contributed by atoms with van der Waals surface area (Å²) in [5.74, 6) is -0.305. The average molecular weight is 440 g/mol. The first kappa shape index (κ1) is 21.7. The van der Waals surface area contributed by atoms with Gasteiger partial charge in [-0.3, -0.25) is 14.4 Å². The minimum Gasteiger partial charge on any atom is -0.493 e. The minimum absolute atomic E-state index is 0.0992. The summed E-state index contributed by atoms with van der Waals surface area (Å²) in [6.07, 6.45) is 0.509. The fourth-order valence-corrected chi connectivity index (χ4v) is 4.63. The number of esters is 3. The van der Waals surface area contributed by atoms with Gasteiger partial charge >= 0.3 is 17.9 Å². The maximum atomic E-state index is 12.5. The lowest BCUT2D eigenvalue weighted by molar-refractivity contribution is -0.141. The SMILES string of the molecule is COc1cc([C@H]2c3cc(OC(C)=O)c(OC)cc3C[C@H]3C(=O)OC[C@H]23)ccc1OC(C)=O. The van der Waals surface area contributed by atoms with E-state index in [0.29, 0.717) is 29.4 Å². The molecular weight excluding hydrogens is 416 g/mol. The van der Waals surface area contributed by atoms with E-state index < -0.39 is 11.9 Å². The molecule has 0 aromatic heterocycles. The van der Waals surface area contributed by atoms with Crippen molar-refractivity contribution in [3.05, 3.63) is 47.0 Å². The topological polar surface area (TPSA) is 97.4 Å². The van der Waals surface area contributed by atoms with Crippen LogP contribution in [0.1, 0.15) is 36.5 Å². The third-order valence-electron chi connectivity index (χ3n) is 5.92. The third-order valence-corrected chi connectivity index (χ3v) is 5.92. The summed E-state index contributed by atoms with van der Waals surface area (Å²) < 4.78 is 26.9. The zero-order valence-electron chi connectivity index (χ0n) is 18.3. The standard InChI is InChI=1S/C24H24O8/c1-12(25)31-19-6-5-14(8-20(19)28-3)23-16-10-22(32-13(2)26)21(29-4)9-15(16)7-17-18(23)11-30-24(17)27/h5-6,8-10,17-18,23H,7,11H2,1-4H3/t17-,18+,23+/m1/s1. The second kappa shape index (κ2) is 8.53. The van der Waals surface area contributed by atoms with Crippen molar-refractivity contribution in [2.24, 2.45) is 11.8 Å². The summed E-state index contributed by atoms with van der Waals surface area (Å²) in [4.78, 5) is 35.5. The van der Waals surface area contributed by atoms with Crippen molar-refractivity contribution in [2.75, 3.05) is 20.8 Å². The molecule has 0 bridgehead atoms. The van der Waals surface area contributed by atoms with Gasteiger partial charge in [-0.05, 0) is 47.4 Å². The van der Waals surface area contributed by atoms with Gasteiger partial charge in [0, 0.05) is 25.7 Å². The maximum absolute atomic E-state index is 12.5. The van der Waals surface area contributed by atoms with Crippen LogP contribution in [0.4, 0.5) is 0 Å². The zero-order chi connectivity index (χ0) is 23.0. The molecule has 2 aromatic rings. The lowest BCUT2D eigenvalue weighted by Gasteiger charge is -2.34. The van der Waals surface area contributed by atoms with Gasteiger partial charge in [-0.1, -0.05) is 6.07 Å². The molecule has 8 nitrogen and oxygen atoms in total. The minimum atomic E-state index is -0.458. The van der Waals surface area contributed by atoms with E-state index in [1.54, 1.807) is 18.2 Å². The summed E-state index contributed by atoms with van der Waals surface area (Å²) in [6, 6.07) is 8.93. The predicted octanol–water partition coefficient (Wildman–Crippen LogP) is 3.03. The van der Waals surface area contributed by atoms with Crippen LogP contribution < -0.4 is 18.9 Å². The number of carbonyl (C=O) groups excluding carboxylic acids is 3. The number of rotatable bonds is 5. The Balaban J connectivity index is 1.86. The second-order valence-electron chi connectivity index (χ2n) is 7.88. The van der Waals surface area contributed by atoms with Gasteiger partial charge in [0.25, 0.3) is 0 Å². The number of methoxy groups -OCH3 is 2. The molecule has 1 fully saturated rings. The van der Waals surface area contributed by atoms with Crippen LogP contribution >= 0.6 is 0 Å². The van der Waals surface area contributed by atoms with E-state index in [2.05, 4.69) is 0 Å². The van der Waals surface area contributed by atoms with Gasteiger partial charge in [0.05, 0.1) is 26.7 Å². The first-order valence-corrected chi connectivity index (χ1v) is 10.2. The summed E-state index contributed by atoms with van der Waals surface area (Å²) in [7, 11) is 3.00. The van der Waals surface area contributed by atoms with E-state index in [9.17, 15) is 14.4 Å². The average Bonchev–Trinajstić information content (AvgIpc) is 3.11. The molecule has 0 radical (unpaired) electrons. The molecule has 0 N–H and O–H groups in total. The van der Waals surface area contributed by atoms with E-state index in [4.69, 9.17) is 23.7 Å². The van der Waals surface area contributed by atoms with Gasteiger partial charge in [-0.25, -0.2) is 0 Å².